The number of para-hydroxylation sites is 1. The number of aryl methyl sites for hydroxylation is 3. The molecule has 2 unspecified atom stereocenters. The molecule has 9 nitrogen and oxygen atoms in total. The number of primary amides is 1. The van der Waals surface area contributed by atoms with E-state index in [1.807, 2.05) is 84.9 Å². The van der Waals surface area contributed by atoms with Crippen molar-refractivity contribution in [3.63, 3.8) is 0 Å². The summed E-state index contributed by atoms with van der Waals surface area (Å²) in [6.07, 6.45) is -0.853. The van der Waals surface area contributed by atoms with Crippen molar-refractivity contribution in [1.29, 1.82) is 0 Å². The van der Waals surface area contributed by atoms with E-state index in [0.29, 0.717) is 17.7 Å². The van der Waals surface area contributed by atoms with Gasteiger partial charge in [0.2, 0.25) is 11.8 Å². The quantitative estimate of drug-likeness (QED) is 0.355. The van der Waals surface area contributed by atoms with Gasteiger partial charge in [-0.25, -0.2) is 4.79 Å². The van der Waals surface area contributed by atoms with E-state index < -0.39 is 53.5 Å². The summed E-state index contributed by atoms with van der Waals surface area (Å²) in [5, 5.41) is 5.61. The van der Waals surface area contributed by atoms with Gasteiger partial charge in [0.15, 0.2) is 0 Å². The van der Waals surface area contributed by atoms with Crippen LogP contribution in [0.3, 0.4) is 0 Å². The number of nitrogens with two attached hydrogens (primary N) is 1. The van der Waals surface area contributed by atoms with Gasteiger partial charge in [0.25, 0.3) is 5.91 Å². The number of carbonyl (C=O) groups is 4. The zero-order valence-corrected chi connectivity index (χ0v) is 26.1. The lowest BCUT2D eigenvalue weighted by Crippen LogP contribution is -2.59. The molecule has 4 N–H and O–H groups in total. The molecule has 0 aliphatic heterocycles. The Bertz CT molecular complexity index is 1280. The number of nitrogens with one attached hydrogen (secondary N) is 2. The smallest absolute Gasteiger partial charge is 0.408 e. The second kappa shape index (κ2) is 13.2. The van der Waals surface area contributed by atoms with Crippen LogP contribution in [-0.2, 0) is 19.1 Å². The summed E-state index contributed by atoms with van der Waals surface area (Å²) >= 11 is 0. The van der Waals surface area contributed by atoms with E-state index in [9.17, 15) is 19.2 Å². The van der Waals surface area contributed by atoms with E-state index in [1.165, 1.54) is 4.90 Å². The minimum atomic E-state index is -1.35. The molecule has 41 heavy (non-hydrogen) atoms. The van der Waals surface area contributed by atoms with Gasteiger partial charge in [0.05, 0.1) is 6.42 Å². The number of rotatable bonds is 10. The average molecular weight is 567 g/mol. The van der Waals surface area contributed by atoms with Crippen molar-refractivity contribution in [2.24, 2.45) is 5.73 Å². The second-order valence-corrected chi connectivity index (χ2v) is 12.2. The van der Waals surface area contributed by atoms with Gasteiger partial charge < -0.3 is 26.0 Å². The zero-order chi connectivity index (χ0) is 31.3. The lowest BCUT2D eigenvalue weighted by Gasteiger charge is -2.45. The molecule has 2 aromatic rings. The molecule has 0 spiro atoms. The van der Waals surface area contributed by atoms with E-state index in [2.05, 4.69) is 10.6 Å². The van der Waals surface area contributed by atoms with Crippen LogP contribution in [0.2, 0.25) is 0 Å². The fraction of sp³-hybridized carbons (Fsp3) is 0.500. The fourth-order valence-corrected chi connectivity index (χ4v) is 4.64. The highest BCUT2D eigenvalue weighted by molar-refractivity contribution is 6.01. The molecule has 0 saturated carbocycles. The Labute approximate surface area is 244 Å². The number of amides is 4. The molecule has 224 valence electrons. The number of hydrogen-bond donors (Lipinski definition) is 3. The third-order valence-electron chi connectivity index (χ3n) is 7.33. The van der Waals surface area contributed by atoms with Crippen molar-refractivity contribution in [3.05, 3.63) is 64.2 Å². The van der Waals surface area contributed by atoms with Gasteiger partial charge in [-0.15, -0.1) is 0 Å². The summed E-state index contributed by atoms with van der Waals surface area (Å²) in [6.45, 7) is 18.4. The Morgan fingerprint density at radius 2 is 1.44 bits per heavy atom. The van der Waals surface area contributed by atoms with Gasteiger partial charge in [-0.2, -0.15) is 0 Å². The highest BCUT2D eigenvalue weighted by atomic mass is 16.6. The molecule has 2 aromatic carbocycles. The number of benzene rings is 2. The van der Waals surface area contributed by atoms with Crippen molar-refractivity contribution in [1.82, 2.24) is 10.2 Å². The number of hydrogen-bond acceptors (Lipinski definition) is 5. The molecule has 2 atom stereocenters. The number of anilines is 1. The first-order chi connectivity index (χ1) is 18.9. The van der Waals surface area contributed by atoms with E-state index in [0.717, 1.165) is 22.3 Å². The Morgan fingerprint density at radius 3 is 1.95 bits per heavy atom. The monoisotopic (exact) mass is 566 g/mol. The maximum Gasteiger partial charge on any atom is 0.408 e. The van der Waals surface area contributed by atoms with Crippen LogP contribution < -0.4 is 16.4 Å². The molecular formula is C32H46N4O5. The predicted molar refractivity (Wildman–Crippen MR) is 161 cm³/mol. The van der Waals surface area contributed by atoms with E-state index in [1.54, 1.807) is 20.8 Å². The summed E-state index contributed by atoms with van der Waals surface area (Å²) in [5.74, 6) is -1.82. The number of nitrogens with zero attached hydrogens (tertiary/aromatic N) is 1. The van der Waals surface area contributed by atoms with Crippen LogP contribution in [-0.4, -0.2) is 45.9 Å². The van der Waals surface area contributed by atoms with Crippen LogP contribution in [0.4, 0.5) is 10.5 Å². The van der Waals surface area contributed by atoms with Crippen molar-refractivity contribution < 1.29 is 23.9 Å². The first kappa shape index (κ1) is 33.3. The molecule has 9 heteroatoms. The van der Waals surface area contributed by atoms with Crippen LogP contribution in [0.15, 0.2) is 36.4 Å². The summed E-state index contributed by atoms with van der Waals surface area (Å²) in [6, 6.07) is 8.89. The third kappa shape index (κ3) is 8.55. The van der Waals surface area contributed by atoms with Crippen molar-refractivity contribution in [3.8, 4) is 0 Å². The van der Waals surface area contributed by atoms with Crippen LogP contribution in [0.5, 0.6) is 0 Å². The average Bonchev–Trinajstić information content (AvgIpc) is 2.84. The molecule has 0 aromatic heterocycles. The second-order valence-electron chi connectivity index (χ2n) is 12.2. The normalized spacial score (nSPS) is 13.1. The SMILES string of the molecule is CCC(C)(C)N(C(=O)C(CC(N)=O)NC(=O)OC(C)(C)C)C(C(=O)Nc1c(C)cccc1C)c1cccc(C)c1C. The molecule has 0 radical (unpaired) electrons. The molecule has 2 rings (SSSR count). The zero-order valence-electron chi connectivity index (χ0n) is 26.1. The summed E-state index contributed by atoms with van der Waals surface area (Å²) in [4.78, 5) is 55.1. The van der Waals surface area contributed by atoms with Gasteiger partial charge in [-0.05, 0) is 96.6 Å². The fourth-order valence-electron chi connectivity index (χ4n) is 4.64. The van der Waals surface area contributed by atoms with Crippen molar-refractivity contribution >= 4 is 29.5 Å². The molecular weight excluding hydrogens is 520 g/mol. The van der Waals surface area contributed by atoms with Crippen molar-refractivity contribution in [2.75, 3.05) is 5.32 Å². The molecule has 0 aliphatic rings. The van der Waals surface area contributed by atoms with Crippen LogP contribution in [0.25, 0.3) is 0 Å². The first-order valence-electron chi connectivity index (χ1n) is 13.9. The summed E-state index contributed by atoms with van der Waals surface area (Å²) in [5.41, 5.74) is 8.68. The van der Waals surface area contributed by atoms with Crippen molar-refractivity contribution in [2.45, 2.75) is 105 Å². The van der Waals surface area contributed by atoms with E-state index in [4.69, 9.17) is 10.5 Å². The number of ether oxygens (including phenoxy) is 1. The molecule has 0 saturated heterocycles. The number of alkyl carbamates (subject to hydrolysis) is 1. The van der Waals surface area contributed by atoms with Gasteiger partial charge >= 0.3 is 6.09 Å². The Balaban J connectivity index is 2.76. The number of carbonyl (C=O) groups excluding carboxylic acids is 4. The van der Waals surface area contributed by atoms with Gasteiger partial charge in [0, 0.05) is 11.2 Å². The standard InChI is InChI=1S/C32H46N4O5/c1-11-32(9,10)36(29(39)24(18-25(33)37)34-30(40)41-31(6,7)8)27(23-17-13-14-19(2)22(23)5)28(38)35-26-20(3)15-12-16-21(26)4/h12-17,24,27H,11,18H2,1-10H3,(H2,33,37)(H,34,40)(H,35,38). The molecule has 0 bridgehead atoms. The highest BCUT2D eigenvalue weighted by Crippen LogP contribution is 2.36. The van der Waals surface area contributed by atoms with E-state index >= 15 is 0 Å². The third-order valence-corrected chi connectivity index (χ3v) is 7.33. The summed E-state index contributed by atoms with van der Waals surface area (Å²) < 4.78 is 5.37. The minimum Gasteiger partial charge on any atom is -0.444 e. The molecule has 0 heterocycles. The largest absolute Gasteiger partial charge is 0.444 e. The molecule has 4 amide bonds. The molecule has 0 aliphatic carbocycles. The topological polar surface area (TPSA) is 131 Å². The lowest BCUT2D eigenvalue weighted by atomic mass is 9.89. The van der Waals surface area contributed by atoms with Crippen LogP contribution in [0, 0.1) is 27.7 Å². The van der Waals surface area contributed by atoms with Gasteiger partial charge in [0.1, 0.15) is 17.7 Å². The van der Waals surface area contributed by atoms with Gasteiger partial charge in [-0.1, -0.05) is 43.3 Å². The Morgan fingerprint density at radius 1 is 0.902 bits per heavy atom. The Kier molecular flexibility index (Phi) is 10.7. The van der Waals surface area contributed by atoms with Gasteiger partial charge in [-0.3, -0.25) is 14.4 Å². The minimum absolute atomic E-state index is 0.416. The maximum atomic E-state index is 14.5. The van der Waals surface area contributed by atoms with Crippen LogP contribution in [0.1, 0.15) is 88.2 Å². The molecule has 0 fully saturated rings. The van der Waals surface area contributed by atoms with E-state index in [-0.39, 0.29) is 0 Å². The lowest BCUT2D eigenvalue weighted by molar-refractivity contribution is -0.148. The Hall–Kier alpha value is -3.88. The maximum absolute atomic E-state index is 14.5. The highest BCUT2D eigenvalue weighted by Gasteiger charge is 2.44. The van der Waals surface area contributed by atoms with Crippen LogP contribution >= 0.6 is 0 Å². The summed E-state index contributed by atoms with van der Waals surface area (Å²) in [7, 11) is 0. The first-order valence-corrected chi connectivity index (χ1v) is 13.9. The predicted octanol–water partition coefficient (Wildman–Crippen LogP) is 5.39.